The summed E-state index contributed by atoms with van der Waals surface area (Å²) in [6.45, 7) is 1.34. The van der Waals surface area contributed by atoms with E-state index in [9.17, 15) is 9.90 Å². The predicted molar refractivity (Wildman–Crippen MR) is 96.8 cm³/mol. The second-order valence-electron chi connectivity index (χ2n) is 7.01. The Balaban J connectivity index is 1.53. The third-order valence-corrected chi connectivity index (χ3v) is 5.81. The maximum atomic E-state index is 12.8. The van der Waals surface area contributed by atoms with Crippen molar-refractivity contribution in [3.63, 3.8) is 0 Å². The van der Waals surface area contributed by atoms with Crippen LogP contribution >= 0.6 is 0 Å². The van der Waals surface area contributed by atoms with E-state index in [2.05, 4.69) is 22.4 Å². The molecule has 2 N–H and O–H groups in total. The van der Waals surface area contributed by atoms with E-state index < -0.39 is 0 Å². The summed E-state index contributed by atoms with van der Waals surface area (Å²) in [5.74, 6) is 0.731. The van der Waals surface area contributed by atoms with Crippen molar-refractivity contribution in [3.8, 4) is 0 Å². The first-order chi connectivity index (χ1) is 12.1. The molecule has 5 heteroatoms. The van der Waals surface area contributed by atoms with Crippen molar-refractivity contribution in [3.05, 3.63) is 59.3 Å². The van der Waals surface area contributed by atoms with Gasteiger partial charge in [0.25, 0.3) is 5.91 Å². The van der Waals surface area contributed by atoms with E-state index in [0.717, 1.165) is 19.3 Å². The Hall–Kier alpha value is -2.40. The molecule has 0 bridgehead atoms. The lowest BCUT2D eigenvalue weighted by molar-refractivity contribution is 0.0365. The van der Waals surface area contributed by atoms with E-state index >= 15 is 0 Å². The minimum absolute atomic E-state index is 0.0366. The van der Waals surface area contributed by atoms with Crippen LogP contribution < -0.4 is 5.32 Å². The van der Waals surface area contributed by atoms with Gasteiger partial charge in [0.05, 0.1) is 6.10 Å². The van der Waals surface area contributed by atoms with Crippen molar-refractivity contribution in [1.82, 2.24) is 9.88 Å². The van der Waals surface area contributed by atoms with Crippen molar-refractivity contribution in [2.24, 2.45) is 0 Å². The molecule has 1 atom stereocenters. The molecule has 2 aliphatic rings. The van der Waals surface area contributed by atoms with Crippen LogP contribution in [0.1, 0.15) is 34.3 Å². The van der Waals surface area contributed by atoms with Crippen molar-refractivity contribution in [1.29, 1.82) is 0 Å². The van der Waals surface area contributed by atoms with E-state index in [1.165, 1.54) is 11.1 Å². The maximum absolute atomic E-state index is 12.8. The van der Waals surface area contributed by atoms with E-state index in [1.807, 2.05) is 17.0 Å². The topological polar surface area (TPSA) is 65.5 Å². The Morgan fingerprint density at radius 3 is 2.80 bits per heavy atom. The molecule has 0 radical (unpaired) electrons. The van der Waals surface area contributed by atoms with Crippen LogP contribution in [-0.4, -0.2) is 47.1 Å². The maximum Gasteiger partial charge on any atom is 0.254 e. The third kappa shape index (κ3) is 2.59. The molecule has 5 nitrogen and oxygen atoms in total. The number of piperidine rings is 1. The van der Waals surface area contributed by atoms with Crippen LogP contribution in [0.2, 0.25) is 0 Å². The van der Waals surface area contributed by atoms with Gasteiger partial charge in [0.1, 0.15) is 5.82 Å². The van der Waals surface area contributed by atoms with Crippen LogP contribution in [-0.2, 0) is 11.8 Å². The van der Waals surface area contributed by atoms with Crippen LogP contribution in [0.15, 0.2) is 42.6 Å². The normalized spacial score (nSPS) is 21.2. The van der Waals surface area contributed by atoms with Gasteiger partial charge in [0, 0.05) is 37.3 Å². The van der Waals surface area contributed by atoms with Gasteiger partial charge in [-0.15, -0.1) is 0 Å². The number of aromatic nitrogens is 1. The van der Waals surface area contributed by atoms with Gasteiger partial charge in [-0.05, 0) is 42.5 Å². The van der Waals surface area contributed by atoms with Gasteiger partial charge >= 0.3 is 0 Å². The van der Waals surface area contributed by atoms with Gasteiger partial charge in [-0.2, -0.15) is 0 Å². The van der Waals surface area contributed by atoms with Crippen LogP contribution in [0.3, 0.4) is 0 Å². The highest BCUT2D eigenvalue weighted by atomic mass is 16.3. The first-order valence-electron chi connectivity index (χ1n) is 8.83. The summed E-state index contributed by atoms with van der Waals surface area (Å²) in [7, 11) is 1.79. The van der Waals surface area contributed by atoms with Crippen LogP contribution in [0, 0.1) is 0 Å². The molecule has 0 saturated carbocycles. The molecular formula is C20H23N3O2. The molecule has 25 heavy (non-hydrogen) atoms. The second-order valence-corrected chi connectivity index (χ2v) is 7.01. The largest absolute Gasteiger partial charge is 0.392 e. The first-order valence-corrected chi connectivity index (χ1v) is 8.83. The van der Waals surface area contributed by atoms with Gasteiger partial charge < -0.3 is 15.3 Å². The highest BCUT2D eigenvalue weighted by molar-refractivity contribution is 5.94. The monoisotopic (exact) mass is 337 g/mol. The zero-order valence-electron chi connectivity index (χ0n) is 14.4. The molecule has 1 spiro atoms. The average Bonchev–Trinajstić information content (AvgIpc) is 2.93. The SMILES string of the molecule is CNc1cc(C(=O)N2CCC3(CC2)c2ccccc2CC3O)ccn1. The minimum Gasteiger partial charge on any atom is -0.392 e. The molecule has 1 saturated heterocycles. The third-order valence-electron chi connectivity index (χ3n) is 5.81. The number of likely N-dealkylation sites (tertiary alicyclic amines) is 1. The summed E-state index contributed by atoms with van der Waals surface area (Å²) in [6.07, 6.45) is 3.64. The number of carbonyl (C=O) groups is 1. The summed E-state index contributed by atoms with van der Waals surface area (Å²) < 4.78 is 0. The highest BCUT2D eigenvalue weighted by Crippen LogP contribution is 2.46. The van der Waals surface area contributed by atoms with Gasteiger partial charge in [0.2, 0.25) is 0 Å². The molecule has 130 valence electrons. The number of amides is 1. The number of aliphatic hydroxyl groups excluding tert-OH is 1. The number of hydrogen-bond donors (Lipinski definition) is 2. The van der Waals surface area contributed by atoms with Gasteiger partial charge in [-0.3, -0.25) is 4.79 Å². The number of rotatable bonds is 2. The molecule has 2 heterocycles. The molecule has 1 aliphatic heterocycles. The van der Waals surface area contributed by atoms with Crippen molar-refractivity contribution in [2.75, 3.05) is 25.5 Å². The molecule has 1 aromatic carbocycles. The smallest absolute Gasteiger partial charge is 0.254 e. The Morgan fingerprint density at radius 1 is 1.28 bits per heavy atom. The minimum atomic E-state index is -0.348. The van der Waals surface area contributed by atoms with E-state index in [0.29, 0.717) is 24.5 Å². The number of carbonyl (C=O) groups excluding carboxylic acids is 1. The van der Waals surface area contributed by atoms with E-state index in [1.54, 1.807) is 25.4 Å². The Labute approximate surface area is 147 Å². The number of nitrogens with one attached hydrogen (secondary N) is 1. The zero-order chi connectivity index (χ0) is 17.4. The quantitative estimate of drug-likeness (QED) is 0.882. The van der Waals surface area contributed by atoms with Gasteiger partial charge in [-0.25, -0.2) is 4.98 Å². The summed E-state index contributed by atoms with van der Waals surface area (Å²) in [6, 6.07) is 11.9. The lowest BCUT2D eigenvalue weighted by Gasteiger charge is -2.42. The fourth-order valence-corrected chi connectivity index (χ4v) is 4.36. The van der Waals surface area contributed by atoms with Crippen molar-refractivity contribution >= 4 is 11.7 Å². The number of aliphatic hydroxyl groups is 1. The average molecular weight is 337 g/mol. The summed E-state index contributed by atoms with van der Waals surface area (Å²) >= 11 is 0. The Bertz CT molecular complexity index is 797. The fraction of sp³-hybridized carbons (Fsp3) is 0.400. The zero-order valence-corrected chi connectivity index (χ0v) is 14.4. The predicted octanol–water partition coefficient (Wildman–Crippen LogP) is 2.21. The molecular weight excluding hydrogens is 314 g/mol. The lowest BCUT2D eigenvalue weighted by atomic mass is 9.72. The molecule has 1 fully saturated rings. The molecule has 2 aromatic rings. The summed E-state index contributed by atoms with van der Waals surface area (Å²) in [5, 5.41) is 13.7. The van der Waals surface area contributed by atoms with Crippen LogP contribution in [0.25, 0.3) is 0 Å². The standard InChI is InChI=1S/C20H23N3O2/c1-21-18-13-15(6-9-22-18)19(25)23-10-7-20(8-11-23)16-5-3-2-4-14(16)12-17(20)24/h2-6,9,13,17,24H,7-8,10-12H2,1H3,(H,21,22). The number of anilines is 1. The molecule has 1 aromatic heterocycles. The van der Waals surface area contributed by atoms with Crippen molar-refractivity contribution in [2.45, 2.75) is 30.8 Å². The van der Waals surface area contributed by atoms with E-state index in [4.69, 9.17) is 0 Å². The molecule has 1 aliphatic carbocycles. The first kappa shape index (κ1) is 16.1. The van der Waals surface area contributed by atoms with E-state index in [-0.39, 0.29) is 17.4 Å². The summed E-state index contributed by atoms with van der Waals surface area (Å²) in [4.78, 5) is 18.9. The summed E-state index contributed by atoms with van der Waals surface area (Å²) in [5.41, 5.74) is 2.99. The highest BCUT2D eigenvalue weighted by Gasteiger charge is 2.48. The number of fused-ring (bicyclic) bond motifs is 2. The number of nitrogens with zero attached hydrogens (tertiary/aromatic N) is 2. The second kappa shape index (κ2) is 6.15. The van der Waals surface area contributed by atoms with Gasteiger partial charge in [0.15, 0.2) is 0 Å². The number of benzene rings is 1. The van der Waals surface area contributed by atoms with Gasteiger partial charge in [-0.1, -0.05) is 24.3 Å². The van der Waals surface area contributed by atoms with Crippen LogP contribution in [0.5, 0.6) is 0 Å². The Kier molecular flexibility index (Phi) is 3.96. The number of pyridine rings is 1. The Morgan fingerprint density at radius 2 is 2.04 bits per heavy atom. The molecule has 1 amide bonds. The van der Waals surface area contributed by atoms with Crippen LogP contribution in [0.4, 0.5) is 5.82 Å². The van der Waals surface area contributed by atoms with Crippen molar-refractivity contribution < 1.29 is 9.90 Å². The number of hydrogen-bond acceptors (Lipinski definition) is 4. The molecule has 1 unspecified atom stereocenters. The fourth-order valence-electron chi connectivity index (χ4n) is 4.36. The lowest BCUT2D eigenvalue weighted by Crippen LogP contribution is -2.49. The molecule has 4 rings (SSSR count).